The largest absolute Gasteiger partial charge is 0.385 e. The van der Waals surface area contributed by atoms with Crippen LogP contribution in [0.5, 0.6) is 0 Å². The van der Waals surface area contributed by atoms with Gasteiger partial charge in [0.1, 0.15) is 6.10 Å². The van der Waals surface area contributed by atoms with Gasteiger partial charge in [-0.05, 0) is 11.1 Å². The summed E-state index contributed by atoms with van der Waals surface area (Å²) in [7, 11) is 0. The molecule has 0 saturated heterocycles. The van der Waals surface area contributed by atoms with Crippen molar-refractivity contribution >= 4 is 6.08 Å². The molecular weight excluding hydrogens is 178 g/mol. The molecule has 2 N–H and O–H groups in total. The van der Waals surface area contributed by atoms with Crippen LogP contribution in [0.2, 0.25) is 0 Å². The normalized spacial score (nSPS) is 14.1. The van der Waals surface area contributed by atoms with E-state index < -0.39 is 12.2 Å². The van der Waals surface area contributed by atoms with Crippen molar-refractivity contribution in [3.8, 4) is 6.07 Å². The number of aliphatic hydroxyl groups is 2. The zero-order valence-corrected chi connectivity index (χ0v) is 7.59. The Morgan fingerprint density at radius 1 is 1.29 bits per heavy atom. The number of hydrogen-bond donors (Lipinski definition) is 2. The van der Waals surface area contributed by atoms with Crippen molar-refractivity contribution in [2.45, 2.75) is 12.2 Å². The van der Waals surface area contributed by atoms with E-state index >= 15 is 0 Å². The molecule has 3 heteroatoms. The Morgan fingerprint density at radius 2 is 1.86 bits per heavy atom. The van der Waals surface area contributed by atoms with E-state index in [9.17, 15) is 5.11 Å². The Bertz CT molecular complexity index is 351. The number of rotatable bonds is 3. The van der Waals surface area contributed by atoms with Gasteiger partial charge in [-0.25, -0.2) is 0 Å². The minimum absolute atomic E-state index is 0.518. The summed E-state index contributed by atoms with van der Waals surface area (Å²) in [5.41, 5.74) is 1.44. The zero-order chi connectivity index (χ0) is 10.6. The third kappa shape index (κ3) is 2.19. The molecule has 0 bridgehead atoms. The maximum absolute atomic E-state index is 9.45. The van der Waals surface area contributed by atoms with Crippen molar-refractivity contribution in [1.82, 2.24) is 0 Å². The van der Waals surface area contributed by atoms with Gasteiger partial charge in [0.15, 0.2) is 6.10 Å². The van der Waals surface area contributed by atoms with Crippen LogP contribution in [0.25, 0.3) is 6.08 Å². The Morgan fingerprint density at radius 3 is 2.29 bits per heavy atom. The van der Waals surface area contributed by atoms with Gasteiger partial charge in [-0.15, -0.1) is 0 Å². The van der Waals surface area contributed by atoms with E-state index in [1.807, 2.05) is 0 Å². The summed E-state index contributed by atoms with van der Waals surface area (Å²) >= 11 is 0. The third-order valence-electron chi connectivity index (χ3n) is 1.95. The fourth-order valence-corrected chi connectivity index (χ4v) is 1.08. The molecule has 1 rings (SSSR count). The molecule has 2 unspecified atom stereocenters. The minimum Gasteiger partial charge on any atom is -0.385 e. The Labute approximate surface area is 82.5 Å². The van der Waals surface area contributed by atoms with Crippen LogP contribution in [-0.2, 0) is 0 Å². The van der Waals surface area contributed by atoms with Gasteiger partial charge in [0.2, 0.25) is 0 Å². The van der Waals surface area contributed by atoms with Gasteiger partial charge in [0.05, 0.1) is 6.07 Å². The summed E-state index contributed by atoms with van der Waals surface area (Å²) in [6, 6.07) is 8.41. The number of nitrogens with zero attached hydrogens (tertiary/aromatic N) is 1. The first-order valence-electron chi connectivity index (χ1n) is 4.17. The molecule has 0 amide bonds. The topological polar surface area (TPSA) is 64.2 Å². The number of aliphatic hydroxyl groups excluding tert-OH is 2. The van der Waals surface area contributed by atoms with E-state index in [2.05, 4.69) is 6.58 Å². The monoisotopic (exact) mass is 189 g/mol. The van der Waals surface area contributed by atoms with E-state index in [4.69, 9.17) is 10.4 Å². The average molecular weight is 189 g/mol. The maximum atomic E-state index is 9.45. The lowest BCUT2D eigenvalue weighted by molar-refractivity contribution is 0.0528. The predicted molar refractivity (Wildman–Crippen MR) is 53.1 cm³/mol. The standard InChI is InChI=1S/C11H11NO2/c1-2-8-3-5-9(6-4-8)11(14)10(13)7-12/h2-6,10-11,13-14H,1H2. The van der Waals surface area contributed by atoms with E-state index in [1.54, 1.807) is 36.4 Å². The Kier molecular flexibility index (Phi) is 3.41. The van der Waals surface area contributed by atoms with Crippen LogP contribution in [-0.4, -0.2) is 16.3 Å². The molecule has 0 aromatic heterocycles. The summed E-state index contributed by atoms with van der Waals surface area (Å²) in [6.45, 7) is 3.59. The second-order valence-corrected chi connectivity index (χ2v) is 2.89. The lowest BCUT2D eigenvalue weighted by atomic mass is 10.0. The van der Waals surface area contributed by atoms with Gasteiger partial charge >= 0.3 is 0 Å². The Hall–Kier alpha value is -1.63. The molecule has 1 aromatic rings. The van der Waals surface area contributed by atoms with Gasteiger partial charge in [-0.2, -0.15) is 5.26 Å². The van der Waals surface area contributed by atoms with Crippen molar-refractivity contribution in [2.75, 3.05) is 0 Å². The first kappa shape index (κ1) is 10.5. The van der Waals surface area contributed by atoms with Gasteiger partial charge < -0.3 is 10.2 Å². The third-order valence-corrected chi connectivity index (χ3v) is 1.95. The molecule has 1 aromatic carbocycles. The van der Waals surface area contributed by atoms with Crippen LogP contribution in [0.1, 0.15) is 17.2 Å². The number of nitriles is 1. The molecule has 0 aliphatic rings. The lowest BCUT2D eigenvalue weighted by Crippen LogP contribution is -2.15. The first-order valence-corrected chi connectivity index (χ1v) is 4.17. The van der Waals surface area contributed by atoms with Gasteiger partial charge in [0.25, 0.3) is 0 Å². The van der Waals surface area contributed by atoms with Crippen LogP contribution in [0.3, 0.4) is 0 Å². The summed E-state index contributed by atoms with van der Waals surface area (Å²) in [4.78, 5) is 0. The van der Waals surface area contributed by atoms with Crippen LogP contribution in [0.4, 0.5) is 0 Å². The second-order valence-electron chi connectivity index (χ2n) is 2.89. The molecule has 3 nitrogen and oxygen atoms in total. The summed E-state index contributed by atoms with van der Waals surface area (Å²) in [6.07, 6.45) is -0.861. The van der Waals surface area contributed by atoms with Crippen molar-refractivity contribution in [3.63, 3.8) is 0 Å². The van der Waals surface area contributed by atoms with E-state index in [0.29, 0.717) is 5.56 Å². The highest BCUT2D eigenvalue weighted by atomic mass is 16.3. The van der Waals surface area contributed by atoms with Crippen molar-refractivity contribution in [2.24, 2.45) is 0 Å². The average Bonchev–Trinajstić information content (AvgIpc) is 2.27. The molecule has 0 spiro atoms. The predicted octanol–water partition coefficient (Wildman–Crippen LogP) is 1.25. The smallest absolute Gasteiger partial charge is 0.170 e. The summed E-state index contributed by atoms with van der Waals surface area (Å²) < 4.78 is 0. The molecule has 0 aliphatic carbocycles. The zero-order valence-electron chi connectivity index (χ0n) is 7.59. The molecular formula is C11H11NO2. The molecule has 0 saturated carbocycles. The van der Waals surface area contributed by atoms with Gasteiger partial charge in [0, 0.05) is 0 Å². The second kappa shape index (κ2) is 4.56. The van der Waals surface area contributed by atoms with Crippen molar-refractivity contribution in [3.05, 3.63) is 42.0 Å². The highest BCUT2D eigenvalue weighted by Crippen LogP contribution is 2.17. The van der Waals surface area contributed by atoms with E-state index in [0.717, 1.165) is 5.56 Å². The van der Waals surface area contributed by atoms with E-state index in [-0.39, 0.29) is 0 Å². The minimum atomic E-state index is -1.38. The molecule has 72 valence electrons. The highest BCUT2D eigenvalue weighted by Gasteiger charge is 2.16. The van der Waals surface area contributed by atoms with E-state index in [1.165, 1.54) is 0 Å². The fourth-order valence-electron chi connectivity index (χ4n) is 1.08. The van der Waals surface area contributed by atoms with Crippen molar-refractivity contribution in [1.29, 1.82) is 5.26 Å². The molecule has 0 heterocycles. The van der Waals surface area contributed by atoms with Gasteiger partial charge in [-0.1, -0.05) is 36.9 Å². The highest BCUT2D eigenvalue weighted by molar-refractivity contribution is 5.47. The first-order chi connectivity index (χ1) is 6.69. The quantitative estimate of drug-likeness (QED) is 0.703. The maximum Gasteiger partial charge on any atom is 0.170 e. The van der Waals surface area contributed by atoms with Crippen LogP contribution in [0.15, 0.2) is 30.8 Å². The summed E-state index contributed by atoms with van der Waals surface area (Å²) in [5.74, 6) is 0. The molecule has 2 atom stereocenters. The number of benzene rings is 1. The summed E-state index contributed by atoms with van der Waals surface area (Å²) in [5, 5.41) is 26.9. The van der Waals surface area contributed by atoms with Gasteiger partial charge in [-0.3, -0.25) is 0 Å². The molecule has 0 fully saturated rings. The fraction of sp³-hybridized carbons (Fsp3) is 0.182. The Balaban J connectivity index is 2.87. The molecule has 0 aliphatic heterocycles. The molecule has 0 radical (unpaired) electrons. The SMILES string of the molecule is C=Cc1ccc(C(O)C(O)C#N)cc1. The molecule has 14 heavy (non-hydrogen) atoms. The van der Waals surface area contributed by atoms with Crippen molar-refractivity contribution < 1.29 is 10.2 Å². The van der Waals surface area contributed by atoms with Crippen LogP contribution in [0, 0.1) is 11.3 Å². The number of hydrogen-bond acceptors (Lipinski definition) is 3. The lowest BCUT2D eigenvalue weighted by Gasteiger charge is -2.11. The van der Waals surface area contributed by atoms with Crippen LogP contribution >= 0.6 is 0 Å². The van der Waals surface area contributed by atoms with Crippen LogP contribution < -0.4 is 0 Å².